The Hall–Kier alpha value is -1.58. The first-order valence-corrected chi connectivity index (χ1v) is 3.63. The molecular weight excluding hydrogens is 297 g/mol. The van der Waals surface area contributed by atoms with Crippen LogP contribution in [-0.4, -0.2) is 41.5 Å². The van der Waals surface area contributed by atoms with Gasteiger partial charge in [0.1, 0.15) is 0 Å². The molecule has 8 nitrogen and oxygen atoms in total. The quantitative estimate of drug-likeness (QED) is 0.401. The number of carbonyl (C=O) groups excluding carboxylic acids is 4. The number of carboxylic acids is 4. The number of rotatable bonds is 0. The van der Waals surface area contributed by atoms with Crippen LogP contribution >= 0.6 is 0 Å². The van der Waals surface area contributed by atoms with E-state index in [9.17, 15) is 0 Å². The number of hydrogen-bond acceptors (Lipinski definition) is 8. The van der Waals surface area contributed by atoms with Crippen molar-refractivity contribution in [3.8, 4) is 0 Å². The third kappa shape index (κ3) is 895. The van der Waals surface area contributed by atoms with E-state index in [1.54, 1.807) is 0 Å². The van der Waals surface area contributed by atoms with Crippen molar-refractivity contribution in [2.45, 2.75) is 27.7 Å². The van der Waals surface area contributed by atoms with Gasteiger partial charge in [-0.3, -0.25) is 0 Å². The first-order valence-electron chi connectivity index (χ1n) is 3.63. The van der Waals surface area contributed by atoms with Crippen LogP contribution in [0, 0.1) is 0 Å². The van der Waals surface area contributed by atoms with Gasteiger partial charge < -0.3 is 39.6 Å². The molecule has 0 aromatic rings. The maximum Gasteiger partial charge on any atom is 4.00 e. The van der Waals surface area contributed by atoms with Crippen molar-refractivity contribution in [2.24, 2.45) is 0 Å². The van der Waals surface area contributed by atoms with E-state index in [0.29, 0.717) is 0 Å². The molecule has 0 radical (unpaired) electrons. The Morgan fingerprint density at radius 2 is 0.529 bits per heavy atom. The maximum absolute atomic E-state index is 8.89. The Morgan fingerprint density at radius 1 is 0.529 bits per heavy atom. The second-order valence-electron chi connectivity index (χ2n) is 1.97. The zero-order valence-electron chi connectivity index (χ0n) is 9.77. The van der Waals surface area contributed by atoms with Crippen LogP contribution < -0.4 is 20.4 Å². The normalized spacial score (nSPS) is 5.88. The number of carboxylic acid groups (broad SMARTS) is 4. The molecule has 0 rings (SSSR count). The van der Waals surface area contributed by atoms with E-state index in [1.165, 1.54) is 0 Å². The third-order valence-corrected chi connectivity index (χ3v) is 0. The van der Waals surface area contributed by atoms with Gasteiger partial charge in [0.25, 0.3) is 0 Å². The van der Waals surface area contributed by atoms with Gasteiger partial charge in [0, 0.05) is 23.9 Å². The first-order chi connectivity index (χ1) is 6.93. The second-order valence-corrected chi connectivity index (χ2v) is 1.97. The molecule has 0 aromatic heterocycles. The average molecular weight is 309 g/mol. The van der Waals surface area contributed by atoms with Crippen molar-refractivity contribution >= 4 is 41.5 Å². The van der Waals surface area contributed by atoms with E-state index < -0.39 is 23.9 Å². The fraction of sp³-hybridized carbons (Fsp3) is 0.500. The molecule has 0 atom stereocenters. The second kappa shape index (κ2) is 23.9. The van der Waals surface area contributed by atoms with Crippen LogP contribution in [0.25, 0.3) is 0 Å². The maximum atomic E-state index is 8.89. The monoisotopic (exact) mass is 310 g/mol. The molecule has 0 saturated heterocycles. The van der Waals surface area contributed by atoms with Crippen molar-refractivity contribution in [3.05, 3.63) is 0 Å². The molecular formula is C8H12GeO8. The van der Waals surface area contributed by atoms with Gasteiger partial charge >= 0.3 is 17.6 Å². The zero-order valence-corrected chi connectivity index (χ0v) is 11.9. The molecule has 0 aliphatic rings. The van der Waals surface area contributed by atoms with E-state index in [2.05, 4.69) is 0 Å². The van der Waals surface area contributed by atoms with Crippen LogP contribution in [0.5, 0.6) is 0 Å². The molecule has 17 heavy (non-hydrogen) atoms. The first kappa shape index (κ1) is 29.5. The summed E-state index contributed by atoms with van der Waals surface area (Å²) in [6, 6.07) is 0. The smallest absolute Gasteiger partial charge is 0.550 e. The zero-order chi connectivity index (χ0) is 14.3. The van der Waals surface area contributed by atoms with Gasteiger partial charge in [-0.05, 0) is 27.7 Å². The van der Waals surface area contributed by atoms with Crippen LogP contribution in [0.15, 0.2) is 0 Å². The minimum Gasteiger partial charge on any atom is -0.550 e. The van der Waals surface area contributed by atoms with Crippen LogP contribution in [0.3, 0.4) is 0 Å². The molecule has 0 aliphatic carbocycles. The van der Waals surface area contributed by atoms with Gasteiger partial charge in [0.15, 0.2) is 0 Å². The van der Waals surface area contributed by atoms with Crippen LogP contribution in [0.2, 0.25) is 0 Å². The average Bonchev–Trinajstić information content (AvgIpc) is 1.76. The summed E-state index contributed by atoms with van der Waals surface area (Å²) in [6.45, 7) is 3.89. The standard InChI is InChI=1S/4C2H4O2.Ge/c4*1-2(3)4;/h4*1H3,(H,3,4);/q;;;;+4/p-4. The molecule has 0 saturated carbocycles. The summed E-state index contributed by atoms with van der Waals surface area (Å²) in [5, 5.41) is 35.6. The SMILES string of the molecule is CC(=O)[O-].CC(=O)[O-].CC(=O)[O-].CC(=O)[O-].[Ge+4]. The summed E-state index contributed by atoms with van der Waals surface area (Å²) in [5.41, 5.74) is 0. The molecule has 0 aliphatic heterocycles. The molecule has 0 fully saturated rings. The summed E-state index contributed by atoms with van der Waals surface area (Å²) in [5.74, 6) is -4.33. The Labute approximate surface area is 109 Å². The summed E-state index contributed by atoms with van der Waals surface area (Å²) in [6.07, 6.45) is 0. The Bertz CT molecular complexity index is 162. The van der Waals surface area contributed by atoms with Crippen LogP contribution in [0.4, 0.5) is 0 Å². The van der Waals surface area contributed by atoms with Crippen molar-refractivity contribution < 1.29 is 39.6 Å². The molecule has 0 unspecified atom stereocenters. The minimum atomic E-state index is -1.08. The minimum absolute atomic E-state index is 0. The van der Waals surface area contributed by atoms with E-state index in [1.807, 2.05) is 0 Å². The van der Waals surface area contributed by atoms with Gasteiger partial charge in [0.2, 0.25) is 0 Å². The fourth-order valence-corrected chi connectivity index (χ4v) is 0. The van der Waals surface area contributed by atoms with E-state index in [0.717, 1.165) is 27.7 Å². The summed E-state index contributed by atoms with van der Waals surface area (Å²) in [4.78, 5) is 35.6. The van der Waals surface area contributed by atoms with E-state index in [4.69, 9.17) is 39.6 Å². The summed E-state index contributed by atoms with van der Waals surface area (Å²) < 4.78 is 0. The number of carbonyl (C=O) groups is 4. The summed E-state index contributed by atoms with van der Waals surface area (Å²) in [7, 11) is 0. The van der Waals surface area contributed by atoms with E-state index in [-0.39, 0.29) is 17.6 Å². The van der Waals surface area contributed by atoms with Gasteiger partial charge in [-0.2, -0.15) is 0 Å². The molecule has 9 heteroatoms. The van der Waals surface area contributed by atoms with Gasteiger partial charge in [-0.1, -0.05) is 0 Å². The Balaban J connectivity index is -0.0000000369. The Morgan fingerprint density at radius 3 is 0.529 bits per heavy atom. The largest absolute Gasteiger partial charge is 4.00 e. The molecule has 0 bridgehead atoms. The van der Waals surface area contributed by atoms with Crippen molar-refractivity contribution in [3.63, 3.8) is 0 Å². The predicted molar refractivity (Wildman–Crippen MR) is 48.5 cm³/mol. The fourth-order valence-electron chi connectivity index (χ4n) is 0. The van der Waals surface area contributed by atoms with Crippen molar-refractivity contribution in [1.29, 1.82) is 0 Å². The van der Waals surface area contributed by atoms with Gasteiger partial charge in [-0.15, -0.1) is 0 Å². The van der Waals surface area contributed by atoms with Crippen molar-refractivity contribution in [1.82, 2.24) is 0 Å². The topological polar surface area (TPSA) is 161 Å². The molecule has 0 heterocycles. The van der Waals surface area contributed by atoms with Crippen molar-refractivity contribution in [2.75, 3.05) is 0 Å². The molecule has 96 valence electrons. The molecule has 0 spiro atoms. The van der Waals surface area contributed by atoms with Gasteiger partial charge in [-0.25, -0.2) is 0 Å². The van der Waals surface area contributed by atoms with Crippen LogP contribution in [0.1, 0.15) is 27.7 Å². The molecule has 0 aromatic carbocycles. The van der Waals surface area contributed by atoms with Gasteiger partial charge in [0.05, 0.1) is 0 Å². The molecule has 0 amide bonds. The van der Waals surface area contributed by atoms with Crippen LogP contribution in [-0.2, 0) is 19.2 Å². The molecule has 0 N–H and O–H groups in total. The number of hydrogen-bond donors (Lipinski definition) is 0. The summed E-state index contributed by atoms with van der Waals surface area (Å²) >= 11 is 0. The Kier molecular flexibility index (Phi) is 41.6. The number of aliphatic carboxylic acids is 4. The van der Waals surface area contributed by atoms with E-state index >= 15 is 0 Å². The predicted octanol–water partition coefficient (Wildman–Crippen LogP) is -5.36. The third-order valence-electron chi connectivity index (χ3n) is 0.